The number of hydrogen-bond acceptors (Lipinski definition) is 3. The van der Waals surface area contributed by atoms with Crippen LogP contribution < -0.4 is 0 Å². The van der Waals surface area contributed by atoms with Crippen LogP contribution in [0, 0.1) is 13.8 Å². The van der Waals surface area contributed by atoms with Gasteiger partial charge in [-0.15, -0.1) is 0 Å². The summed E-state index contributed by atoms with van der Waals surface area (Å²) >= 11 is 1.46. The maximum atomic E-state index is 12.8. The molecular formula is C18H14N2OS. The molecule has 0 atom stereocenters. The van der Waals surface area contributed by atoms with E-state index in [0.29, 0.717) is 0 Å². The third-order valence-corrected chi connectivity index (χ3v) is 5.05. The van der Waals surface area contributed by atoms with E-state index in [9.17, 15) is 4.79 Å². The van der Waals surface area contributed by atoms with Gasteiger partial charge in [-0.3, -0.25) is 9.20 Å². The van der Waals surface area contributed by atoms with Gasteiger partial charge in [0, 0.05) is 11.3 Å². The molecule has 0 aliphatic carbocycles. The second kappa shape index (κ2) is 4.78. The first-order valence-corrected chi connectivity index (χ1v) is 7.95. The standard InChI is InChI=1S/C18H14N2OS/c1-11-7-9-13(10-8-11)16(21)17-12(2)20-15-6-4-3-5-14(15)19-18(20)22-17/h3-10H,1-2H3. The molecule has 4 rings (SSSR count). The van der Waals surface area contributed by atoms with E-state index in [4.69, 9.17) is 0 Å². The van der Waals surface area contributed by atoms with E-state index in [1.54, 1.807) is 0 Å². The van der Waals surface area contributed by atoms with E-state index in [1.165, 1.54) is 11.3 Å². The minimum atomic E-state index is 0.0667. The van der Waals surface area contributed by atoms with Gasteiger partial charge in [0.1, 0.15) is 0 Å². The van der Waals surface area contributed by atoms with Gasteiger partial charge >= 0.3 is 0 Å². The Hall–Kier alpha value is -2.46. The minimum Gasteiger partial charge on any atom is -0.288 e. The molecule has 0 saturated heterocycles. The number of para-hydroxylation sites is 2. The van der Waals surface area contributed by atoms with E-state index in [0.717, 1.165) is 37.7 Å². The van der Waals surface area contributed by atoms with Crippen molar-refractivity contribution in [2.24, 2.45) is 0 Å². The van der Waals surface area contributed by atoms with Crippen molar-refractivity contribution in [3.63, 3.8) is 0 Å². The average molecular weight is 306 g/mol. The van der Waals surface area contributed by atoms with Crippen molar-refractivity contribution in [3.05, 3.63) is 70.2 Å². The highest BCUT2D eigenvalue weighted by atomic mass is 32.1. The quantitative estimate of drug-likeness (QED) is 0.515. The van der Waals surface area contributed by atoms with Gasteiger partial charge in [-0.2, -0.15) is 0 Å². The van der Waals surface area contributed by atoms with Crippen LogP contribution in [0.2, 0.25) is 0 Å². The summed E-state index contributed by atoms with van der Waals surface area (Å²) in [6.07, 6.45) is 0. The predicted octanol–water partition coefficient (Wildman–Crippen LogP) is 4.40. The molecule has 2 heterocycles. The van der Waals surface area contributed by atoms with Crippen LogP contribution in [0.4, 0.5) is 0 Å². The van der Waals surface area contributed by atoms with Crippen LogP contribution in [0.3, 0.4) is 0 Å². The highest BCUT2D eigenvalue weighted by Crippen LogP contribution is 2.29. The fourth-order valence-corrected chi connectivity index (χ4v) is 3.81. The van der Waals surface area contributed by atoms with Crippen molar-refractivity contribution in [1.82, 2.24) is 9.38 Å². The molecule has 0 bridgehead atoms. The number of rotatable bonds is 2. The van der Waals surface area contributed by atoms with Crippen LogP contribution in [0.25, 0.3) is 16.0 Å². The smallest absolute Gasteiger partial charge is 0.204 e. The SMILES string of the molecule is Cc1ccc(C(=O)c2sc3nc4ccccc4n3c2C)cc1. The van der Waals surface area contributed by atoms with E-state index in [1.807, 2.05) is 62.4 Å². The molecule has 3 nitrogen and oxygen atoms in total. The molecular weight excluding hydrogens is 292 g/mol. The number of fused-ring (bicyclic) bond motifs is 3. The number of carbonyl (C=O) groups excluding carboxylic acids is 1. The third kappa shape index (κ3) is 1.88. The molecule has 2 aromatic heterocycles. The molecule has 0 unspecified atom stereocenters. The topological polar surface area (TPSA) is 34.4 Å². The Morgan fingerprint density at radius 3 is 2.55 bits per heavy atom. The maximum absolute atomic E-state index is 12.8. The Kier molecular flexibility index (Phi) is 2.87. The van der Waals surface area contributed by atoms with Crippen molar-refractivity contribution in [3.8, 4) is 0 Å². The molecule has 2 aromatic carbocycles. The fourth-order valence-electron chi connectivity index (χ4n) is 2.71. The molecule has 0 aliphatic heterocycles. The second-order valence-corrected chi connectivity index (χ2v) is 6.41. The zero-order valence-corrected chi connectivity index (χ0v) is 13.1. The van der Waals surface area contributed by atoms with Crippen LogP contribution in [0.5, 0.6) is 0 Å². The Balaban J connectivity index is 1.90. The number of thiazole rings is 1. The van der Waals surface area contributed by atoms with Gasteiger partial charge in [0.25, 0.3) is 0 Å². The van der Waals surface area contributed by atoms with E-state index >= 15 is 0 Å². The third-order valence-electron chi connectivity index (χ3n) is 3.91. The lowest BCUT2D eigenvalue weighted by molar-refractivity contribution is 0.104. The van der Waals surface area contributed by atoms with Gasteiger partial charge in [0.05, 0.1) is 15.9 Å². The van der Waals surface area contributed by atoms with E-state index in [-0.39, 0.29) is 5.78 Å². The maximum Gasteiger partial charge on any atom is 0.204 e. The van der Waals surface area contributed by atoms with E-state index < -0.39 is 0 Å². The van der Waals surface area contributed by atoms with Crippen molar-refractivity contribution in [2.45, 2.75) is 13.8 Å². The molecule has 0 amide bonds. The monoisotopic (exact) mass is 306 g/mol. The lowest BCUT2D eigenvalue weighted by Gasteiger charge is -2.01. The zero-order chi connectivity index (χ0) is 15.3. The summed E-state index contributed by atoms with van der Waals surface area (Å²) in [6, 6.07) is 15.7. The fraction of sp³-hybridized carbons (Fsp3) is 0.111. The average Bonchev–Trinajstić information content (AvgIpc) is 3.04. The molecule has 0 fully saturated rings. The summed E-state index contributed by atoms with van der Waals surface area (Å²) in [7, 11) is 0. The van der Waals surface area contributed by atoms with Gasteiger partial charge in [-0.05, 0) is 26.0 Å². The number of ketones is 1. The summed E-state index contributed by atoms with van der Waals surface area (Å²) in [6.45, 7) is 4.00. The molecule has 0 aliphatic rings. The van der Waals surface area contributed by atoms with Crippen molar-refractivity contribution in [2.75, 3.05) is 0 Å². The van der Waals surface area contributed by atoms with Gasteiger partial charge in [-0.1, -0.05) is 53.3 Å². The first kappa shape index (κ1) is 13.2. The Labute approximate surface area is 131 Å². The summed E-state index contributed by atoms with van der Waals surface area (Å²) in [5, 5.41) is 0. The second-order valence-electron chi connectivity index (χ2n) is 5.43. The highest BCUT2D eigenvalue weighted by molar-refractivity contribution is 7.19. The van der Waals surface area contributed by atoms with Crippen molar-refractivity contribution < 1.29 is 4.79 Å². The van der Waals surface area contributed by atoms with Gasteiger partial charge in [-0.25, -0.2) is 4.98 Å². The van der Waals surface area contributed by atoms with Crippen molar-refractivity contribution >= 4 is 33.1 Å². The summed E-state index contributed by atoms with van der Waals surface area (Å²) in [5.41, 5.74) is 4.85. The lowest BCUT2D eigenvalue weighted by Crippen LogP contribution is -2.01. The van der Waals surface area contributed by atoms with Crippen molar-refractivity contribution in [1.29, 1.82) is 0 Å². The number of nitrogens with zero attached hydrogens (tertiary/aromatic N) is 2. The number of carbonyl (C=O) groups is 1. The number of aromatic nitrogens is 2. The number of benzene rings is 2. The van der Waals surface area contributed by atoms with Crippen LogP contribution in [0.1, 0.15) is 26.5 Å². The Morgan fingerprint density at radius 1 is 1.05 bits per heavy atom. The van der Waals surface area contributed by atoms with Crippen LogP contribution in [-0.2, 0) is 0 Å². The van der Waals surface area contributed by atoms with E-state index in [2.05, 4.69) is 9.38 Å². The van der Waals surface area contributed by atoms with Gasteiger partial charge in [0.15, 0.2) is 4.96 Å². The molecule has 22 heavy (non-hydrogen) atoms. The lowest BCUT2D eigenvalue weighted by atomic mass is 10.1. The molecule has 0 N–H and O–H groups in total. The summed E-state index contributed by atoms with van der Waals surface area (Å²) < 4.78 is 2.07. The Bertz CT molecular complexity index is 1010. The largest absolute Gasteiger partial charge is 0.288 e. The number of imidazole rings is 1. The highest BCUT2D eigenvalue weighted by Gasteiger charge is 2.19. The predicted molar refractivity (Wildman–Crippen MR) is 89.9 cm³/mol. The first-order chi connectivity index (χ1) is 10.6. The summed E-state index contributed by atoms with van der Waals surface area (Å²) in [4.78, 5) is 19.0. The summed E-state index contributed by atoms with van der Waals surface area (Å²) in [5.74, 6) is 0.0667. The number of hydrogen-bond donors (Lipinski definition) is 0. The number of aryl methyl sites for hydroxylation is 2. The normalized spacial score (nSPS) is 11.4. The molecule has 0 radical (unpaired) electrons. The molecule has 4 aromatic rings. The molecule has 0 spiro atoms. The minimum absolute atomic E-state index is 0.0667. The molecule has 0 saturated carbocycles. The van der Waals surface area contributed by atoms with Crippen LogP contribution in [-0.4, -0.2) is 15.2 Å². The van der Waals surface area contributed by atoms with Crippen LogP contribution in [0.15, 0.2) is 48.5 Å². The van der Waals surface area contributed by atoms with Gasteiger partial charge < -0.3 is 0 Å². The van der Waals surface area contributed by atoms with Crippen LogP contribution >= 0.6 is 11.3 Å². The first-order valence-electron chi connectivity index (χ1n) is 7.13. The molecule has 4 heteroatoms. The Morgan fingerprint density at radius 2 is 1.77 bits per heavy atom. The molecule has 108 valence electrons. The van der Waals surface area contributed by atoms with Gasteiger partial charge in [0.2, 0.25) is 5.78 Å². The zero-order valence-electron chi connectivity index (χ0n) is 12.3.